The monoisotopic (exact) mass is 247 g/mol. The van der Waals surface area contributed by atoms with Gasteiger partial charge in [0.25, 0.3) is 0 Å². The number of ether oxygens (including phenoxy) is 1. The molecule has 0 atom stereocenters. The highest BCUT2D eigenvalue weighted by Gasteiger charge is 2.16. The maximum Gasteiger partial charge on any atom is 0.340 e. The third-order valence-electron chi connectivity index (χ3n) is 1.61. The van der Waals surface area contributed by atoms with Crippen molar-refractivity contribution < 1.29 is 9.53 Å². The minimum atomic E-state index is -0.524. The van der Waals surface area contributed by atoms with E-state index in [9.17, 15) is 4.79 Å². The number of anilines is 1. The average Bonchev–Trinajstić information content (AvgIpc) is 2.09. The van der Waals surface area contributed by atoms with Crippen LogP contribution in [-0.4, -0.2) is 12.1 Å². The lowest BCUT2D eigenvalue weighted by Gasteiger charge is -2.10. The van der Waals surface area contributed by atoms with Gasteiger partial charge in [0.15, 0.2) is 0 Å². The first-order valence-corrected chi connectivity index (χ1v) is 5.13. The Labute approximate surface area is 98.1 Å². The molecule has 3 nitrogen and oxygen atoms in total. The molecule has 0 aliphatic carbocycles. The van der Waals surface area contributed by atoms with Crippen LogP contribution < -0.4 is 5.73 Å². The van der Waals surface area contributed by atoms with Crippen molar-refractivity contribution in [2.75, 3.05) is 5.73 Å². The summed E-state index contributed by atoms with van der Waals surface area (Å²) in [5.74, 6) is -0.524. The van der Waals surface area contributed by atoms with E-state index in [1.54, 1.807) is 13.8 Å². The number of hydrogen-bond donors (Lipinski definition) is 1. The highest BCUT2D eigenvalue weighted by molar-refractivity contribution is 6.44. The number of benzene rings is 1. The molecule has 15 heavy (non-hydrogen) atoms. The average molecular weight is 248 g/mol. The fraction of sp³-hybridized carbons (Fsp3) is 0.300. The fourth-order valence-corrected chi connectivity index (χ4v) is 1.45. The molecular weight excluding hydrogens is 237 g/mol. The van der Waals surface area contributed by atoms with Crippen molar-refractivity contribution in [1.82, 2.24) is 0 Å². The molecule has 0 saturated carbocycles. The van der Waals surface area contributed by atoms with Gasteiger partial charge in [-0.2, -0.15) is 0 Å². The van der Waals surface area contributed by atoms with Crippen molar-refractivity contribution in [1.29, 1.82) is 0 Å². The van der Waals surface area contributed by atoms with Crippen LogP contribution in [-0.2, 0) is 4.74 Å². The number of halogens is 2. The first kappa shape index (κ1) is 12.1. The molecule has 0 spiro atoms. The third-order valence-corrected chi connectivity index (χ3v) is 2.42. The number of rotatable bonds is 2. The molecule has 0 unspecified atom stereocenters. The lowest BCUT2D eigenvalue weighted by atomic mass is 10.2. The lowest BCUT2D eigenvalue weighted by Crippen LogP contribution is -2.12. The van der Waals surface area contributed by atoms with E-state index < -0.39 is 5.97 Å². The molecule has 0 amide bonds. The number of nitrogen functional groups attached to an aromatic ring is 1. The van der Waals surface area contributed by atoms with Crippen molar-refractivity contribution >= 4 is 34.9 Å². The Bertz CT molecular complexity index is 391. The fourth-order valence-electron chi connectivity index (χ4n) is 1.04. The van der Waals surface area contributed by atoms with E-state index in [0.29, 0.717) is 5.69 Å². The topological polar surface area (TPSA) is 52.3 Å². The van der Waals surface area contributed by atoms with Gasteiger partial charge in [0.05, 0.1) is 21.7 Å². The second kappa shape index (κ2) is 4.73. The van der Waals surface area contributed by atoms with Crippen LogP contribution in [0.15, 0.2) is 12.1 Å². The molecule has 0 aliphatic heterocycles. The zero-order valence-electron chi connectivity index (χ0n) is 8.38. The summed E-state index contributed by atoms with van der Waals surface area (Å²) in [7, 11) is 0. The Morgan fingerprint density at radius 2 is 2.00 bits per heavy atom. The van der Waals surface area contributed by atoms with E-state index in [1.165, 1.54) is 12.1 Å². The number of carbonyl (C=O) groups is 1. The summed E-state index contributed by atoms with van der Waals surface area (Å²) < 4.78 is 4.99. The molecule has 0 fully saturated rings. The molecule has 2 N–H and O–H groups in total. The number of carbonyl (C=O) groups excluding carboxylic acids is 1. The zero-order chi connectivity index (χ0) is 11.6. The van der Waals surface area contributed by atoms with Gasteiger partial charge in [0.1, 0.15) is 0 Å². The second-order valence-corrected chi connectivity index (χ2v) is 4.10. The van der Waals surface area contributed by atoms with Crippen molar-refractivity contribution in [3.8, 4) is 0 Å². The van der Waals surface area contributed by atoms with E-state index in [-0.39, 0.29) is 21.7 Å². The maximum absolute atomic E-state index is 11.6. The van der Waals surface area contributed by atoms with Gasteiger partial charge in [-0.15, -0.1) is 0 Å². The van der Waals surface area contributed by atoms with Gasteiger partial charge in [-0.1, -0.05) is 23.2 Å². The molecule has 5 heteroatoms. The standard InChI is InChI=1S/C10H11Cl2NO2/c1-5(2)15-10(14)7-3-6(13)4-8(11)9(7)12/h3-5H,13H2,1-2H3. The van der Waals surface area contributed by atoms with Gasteiger partial charge >= 0.3 is 5.97 Å². The van der Waals surface area contributed by atoms with Crippen molar-refractivity contribution in [2.24, 2.45) is 0 Å². The quantitative estimate of drug-likeness (QED) is 0.646. The Hall–Kier alpha value is -0.930. The van der Waals surface area contributed by atoms with Crippen LogP contribution in [0.25, 0.3) is 0 Å². The van der Waals surface area contributed by atoms with Crippen LogP contribution in [0.3, 0.4) is 0 Å². The summed E-state index contributed by atoms with van der Waals surface area (Å²) in [6, 6.07) is 2.93. The van der Waals surface area contributed by atoms with Crippen LogP contribution in [0.5, 0.6) is 0 Å². The van der Waals surface area contributed by atoms with Crippen LogP contribution in [0.2, 0.25) is 10.0 Å². The van der Waals surface area contributed by atoms with E-state index >= 15 is 0 Å². The SMILES string of the molecule is CC(C)OC(=O)c1cc(N)cc(Cl)c1Cl. The Balaban J connectivity index is 3.08. The maximum atomic E-state index is 11.6. The lowest BCUT2D eigenvalue weighted by molar-refractivity contribution is 0.0378. The van der Waals surface area contributed by atoms with Crippen molar-refractivity contribution in [3.63, 3.8) is 0 Å². The van der Waals surface area contributed by atoms with E-state index in [4.69, 9.17) is 33.7 Å². The van der Waals surface area contributed by atoms with E-state index in [0.717, 1.165) is 0 Å². The molecule has 82 valence electrons. The Morgan fingerprint density at radius 1 is 1.40 bits per heavy atom. The van der Waals surface area contributed by atoms with Gasteiger partial charge < -0.3 is 10.5 Å². The number of hydrogen-bond acceptors (Lipinski definition) is 3. The molecule has 0 bridgehead atoms. The largest absolute Gasteiger partial charge is 0.459 e. The van der Waals surface area contributed by atoms with Gasteiger partial charge in [-0.3, -0.25) is 0 Å². The number of nitrogens with two attached hydrogens (primary N) is 1. The third kappa shape index (κ3) is 3.01. The van der Waals surface area contributed by atoms with Crippen LogP contribution in [0, 0.1) is 0 Å². The molecule has 0 aromatic heterocycles. The highest BCUT2D eigenvalue weighted by atomic mass is 35.5. The first-order chi connectivity index (χ1) is 6.91. The van der Waals surface area contributed by atoms with Crippen LogP contribution in [0.1, 0.15) is 24.2 Å². The molecule has 0 aliphatic rings. The van der Waals surface area contributed by atoms with Crippen molar-refractivity contribution in [2.45, 2.75) is 20.0 Å². The molecule has 1 aromatic carbocycles. The van der Waals surface area contributed by atoms with Crippen molar-refractivity contribution in [3.05, 3.63) is 27.7 Å². The van der Waals surface area contributed by atoms with E-state index in [2.05, 4.69) is 0 Å². The molecule has 1 rings (SSSR count). The van der Waals surface area contributed by atoms with Crippen LogP contribution in [0.4, 0.5) is 5.69 Å². The predicted octanol–water partition coefficient (Wildman–Crippen LogP) is 3.14. The smallest absolute Gasteiger partial charge is 0.340 e. The number of esters is 1. The van der Waals surface area contributed by atoms with Gasteiger partial charge in [0, 0.05) is 5.69 Å². The Morgan fingerprint density at radius 3 is 2.53 bits per heavy atom. The van der Waals surface area contributed by atoms with Gasteiger partial charge in [-0.05, 0) is 26.0 Å². The zero-order valence-corrected chi connectivity index (χ0v) is 9.89. The Kier molecular flexibility index (Phi) is 3.83. The summed E-state index contributed by atoms with van der Waals surface area (Å²) in [5.41, 5.74) is 6.11. The summed E-state index contributed by atoms with van der Waals surface area (Å²) in [6.45, 7) is 3.50. The summed E-state index contributed by atoms with van der Waals surface area (Å²) in [6.07, 6.45) is -0.214. The summed E-state index contributed by atoms with van der Waals surface area (Å²) >= 11 is 11.6. The highest BCUT2D eigenvalue weighted by Crippen LogP contribution is 2.29. The molecular formula is C10H11Cl2NO2. The first-order valence-electron chi connectivity index (χ1n) is 4.37. The van der Waals surface area contributed by atoms with Gasteiger partial charge in [-0.25, -0.2) is 4.79 Å². The summed E-state index contributed by atoms with van der Waals surface area (Å²) in [4.78, 5) is 11.6. The van der Waals surface area contributed by atoms with Gasteiger partial charge in [0.2, 0.25) is 0 Å². The molecule has 1 aromatic rings. The molecule has 0 saturated heterocycles. The molecule has 0 heterocycles. The minimum absolute atomic E-state index is 0.163. The molecule has 0 radical (unpaired) electrons. The second-order valence-electron chi connectivity index (χ2n) is 3.32. The van der Waals surface area contributed by atoms with E-state index in [1.807, 2.05) is 0 Å². The minimum Gasteiger partial charge on any atom is -0.459 e. The predicted molar refractivity (Wildman–Crippen MR) is 61.4 cm³/mol. The summed E-state index contributed by atoms with van der Waals surface area (Å²) in [5, 5.41) is 0.406. The normalized spacial score (nSPS) is 10.5. The van der Waals surface area contributed by atoms with Crippen LogP contribution >= 0.6 is 23.2 Å².